The number of likely N-dealkylation sites (N-methyl/N-ethyl adjacent to an activating group) is 7. The number of hydrogen-bond acceptors (Lipinski definition) is 14. The number of rotatable bonds is 37. The monoisotopic (exact) mass is 1520 g/mol. The summed E-state index contributed by atoms with van der Waals surface area (Å²) in [5.41, 5.74) is -2.20. The number of likely N-dealkylation sites (tertiary alicyclic amines) is 1. The number of alkyl halides is 5. The number of nitrogens with one attached hydrogen (secondary N) is 3. The van der Waals surface area contributed by atoms with Gasteiger partial charge in [-0.25, -0.2) is 8.78 Å². The van der Waals surface area contributed by atoms with Crippen molar-refractivity contribution >= 4 is 71.4 Å². The van der Waals surface area contributed by atoms with Gasteiger partial charge in [-0.3, -0.25) is 57.5 Å². The number of ether oxygens (including phenoxy) is 2. The molecule has 0 aromatic rings. The fourth-order valence-electron chi connectivity index (χ4n) is 16.3. The molecule has 3 N–H and O–H groups in total. The first-order valence-corrected chi connectivity index (χ1v) is 38.4. The number of halogens is 5. The maximum atomic E-state index is 15.7. The highest BCUT2D eigenvalue weighted by Gasteiger charge is 2.59. The highest BCUT2D eigenvalue weighted by molar-refractivity contribution is 6.00. The highest BCUT2D eigenvalue weighted by atomic mass is 19.4. The molecule has 5 aliphatic rings. The predicted octanol–water partition coefficient (Wildman–Crippen LogP) is 6.28. The Hall–Kier alpha value is -7.05. The molecule has 0 spiro atoms. The Kier molecular flexibility index (Phi) is 33.9. The summed E-state index contributed by atoms with van der Waals surface area (Å²) < 4.78 is 83.3. The standard InChI is InChI=1S/C76H125F5N12O14/c1-18-35-107-44-59(65(98)82-40-48(5)19-2)89(14)62(96)39-57(68(101)85(9)10)90(15)71(104)64(52(20-3)21-4)91(16)72(105)74(45-73(7,8)46-74)84-66(99)56-36-49(6)41-93(56)67(100)54(29-27-50-26-28-53(76(79,80)81)60(38-50)106-17)83-61(95)42-87(12)69(102)58(37-51-30-32-75(77,78)33-31-51)92-34-24-22-23-25-55(70(92)103)88(13)63(97)43-86(11)47-94/h22-23,47-60,64H,18-21,24-46H2,1-17H3,(H,82,98)(H,83,95)(H,84,99)/b23-22-/t48-,49-,50?,53?,54-,55-,56-,57-,58-,59-,60?,64-/m0/s1. The fraction of sp³-hybridized carbons (Fsp3) is 0.816. The van der Waals surface area contributed by atoms with Crippen molar-refractivity contribution in [2.45, 2.75) is 250 Å². The molecule has 3 aliphatic carbocycles. The summed E-state index contributed by atoms with van der Waals surface area (Å²) in [4.78, 5) is 185. The predicted molar refractivity (Wildman–Crippen MR) is 391 cm³/mol. The van der Waals surface area contributed by atoms with E-state index in [4.69, 9.17) is 9.47 Å². The van der Waals surface area contributed by atoms with Gasteiger partial charge < -0.3 is 69.5 Å². The summed E-state index contributed by atoms with van der Waals surface area (Å²) >= 11 is 0. The molecule has 1 saturated heterocycles. The maximum Gasteiger partial charge on any atom is 0.394 e. The van der Waals surface area contributed by atoms with E-state index in [1.165, 1.54) is 97.8 Å². The van der Waals surface area contributed by atoms with E-state index >= 15 is 24.0 Å². The Balaban J connectivity index is 1.48. The van der Waals surface area contributed by atoms with Crippen LogP contribution in [-0.2, 0) is 67.0 Å². The summed E-state index contributed by atoms with van der Waals surface area (Å²) in [6.07, 6.45) is -0.648. The summed E-state index contributed by atoms with van der Waals surface area (Å²) in [5, 5.41) is 8.76. The Labute approximate surface area is 630 Å². The Morgan fingerprint density at radius 1 is 0.785 bits per heavy atom. The zero-order chi connectivity index (χ0) is 80.4. The van der Waals surface area contributed by atoms with Crippen molar-refractivity contribution in [2.24, 2.45) is 40.9 Å². The first kappa shape index (κ1) is 90.6. The zero-order valence-corrected chi connectivity index (χ0v) is 66.5. The van der Waals surface area contributed by atoms with Crippen molar-refractivity contribution in [1.29, 1.82) is 0 Å². The van der Waals surface area contributed by atoms with Crippen LogP contribution in [0.3, 0.4) is 0 Å². The molecule has 3 unspecified atom stereocenters. The van der Waals surface area contributed by atoms with Gasteiger partial charge in [0.25, 0.3) is 0 Å². The summed E-state index contributed by atoms with van der Waals surface area (Å²) in [6, 6.07) is -8.92. The van der Waals surface area contributed by atoms with Gasteiger partial charge in [0, 0.05) is 103 Å². The average molecular weight is 1530 g/mol. The minimum atomic E-state index is -4.55. The van der Waals surface area contributed by atoms with Gasteiger partial charge in [-0.15, -0.1) is 0 Å². The van der Waals surface area contributed by atoms with E-state index in [-0.39, 0.29) is 122 Å². The van der Waals surface area contributed by atoms with E-state index in [0.717, 1.165) is 16.2 Å². The molecule has 2 heterocycles. The van der Waals surface area contributed by atoms with Gasteiger partial charge in [0.15, 0.2) is 0 Å². The molecule has 0 aromatic heterocycles. The summed E-state index contributed by atoms with van der Waals surface area (Å²) in [5.74, 6) is -13.5. The lowest BCUT2D eigenvalue weighted by molar-refractivity contribution is -0.215. The van der Waals surface area contributed by atoms with Crippen molar-refractivity contribution in [3.05, 3.63) is 12.2 Å². The molecule has 0 radical (unpaired) electrons. The molecule has 3 saturated carbocycles. The van der Waals surface area contributed by atoms with Crippen LogP contribution in [0.15, 0.2) is 12.2 Å². The van der Waals surface area contributed by atoms with Crippen LogP contribution in [0.1, 0.15) is 184 Å². The molecule has 31 heteroatoms. The smallest absolute Gasteiger partial charge is 0.381 e. The Morgan fingerprint density at radius 3 is 2.00 bits per heavy atom. The van der Waals surface area contributed by atoms with Gasteiger partial charge in [-0.05, 0) is 125 Å². The second-order valence-electron chi connectivity index (χ2n) is 32.2. The third-order valence-corrected chi connectivity index (χ3v) is 22.9. The van der Waals surface area contributed by atoms with Crippen molar-refractivity contribution < 1.29 is 89.0 Å². The van der Waals surface area contributed by atoms with Gasteiger partial charge in [-0.1, -0.05) is 86.8 Å². The average Bonchev–Trinajstić information content (AvgIpc) is 1.34. The van der Waals surface area contributed by atoms with Crippen LogP contribution in [0, 0.1) is 40.9 Å². The maximum absolute atomic E-state index is 15.7. The molecular formula is C76H125F5N12O14. The van der Waals surface area contributed by atoms with Crippen molar-refractivity contribution in [1.82, 2.24) is 60.0 Å². The number of carbonyl (C=O) groups is 12. The largest absolute Gasteiger partial charge is 0.394 e. The molecule has 0 aromatic carbocycles. The highest BCUT2D eigenvalue weighted by Crippen LogP contribution is 2.50. The second-order valence-corrected chi connectivity index (χ2v) is 32.2. The number of carbonyl (C=O) groups excluding carboxylic acids is 12. The summed E-state index contributed by atoms with van der Waals surface area (Å²) in [7, 11) is 12.6. The van der Waals surface area contributed by atoms with E-state index in [9.17, 15) is 55.5 Å². The molecule has 0 bridgehead atoms. The van der Waals surface area contributed by atoms with Gasteiger partial charge in [0.05, 0.1) is 38.1 Å². The Bertz CT molecular complexity index is 3080. The van der Waals surface area contributed by atoms with E-state index in [1.807, 2.05) is 55.4 Å². The van der Waals surface area contributed by atoms with Gasteiger partial charge in [0.2, 0.25) is 77.3 Å². The number of hydrogen-bond donors (Lipinski definition) is 3. The number of nitrogens with zero attached hydrogens (tertiary/aromatic N) is 9. The first-order valence-electron chi connectivity index (χ1n) is 38.4. The topological polar surface area (TPSA) is 289 Å². The zero-order valence-electron chi connectivity index (χ0n) is 66.5. The number of methoxy groups -OCH3 is 1. The van der Waals surface area contributed by atoms with Crippen molar-refractivity contribution in [2.75, 3.05) is 109 Å². The van der Waals surface area contributed by atoms with Crippen LogP contribution >= 0.6 is 0 Å². The molecule has 107 heavy (non-hydrogen) atoms. The van der Waals surface area contributed by atoms with Crippen LogP contribution in [0.5, 0.6) is 0 Å². The molecule has 2 aliphatic heterocycles. The van der Waals surface area contributed by atoms with Crippen LogP contribution in [0.4, 0.5) is 22.0 Å². The minimum absolute atomic E-state index is 0.0126. The third-order valence-electron chi connectivity index (χ3n) is 22.9. The van der Waals surface area contributed by atoms with Gasteiger partial charge in [-0.2, -0.15) is 13.2 Å². The van der Waals surface area contributed by atoms with Gasteiger partial charge >= 0.3 is 6.18 Å². The minimum Gasteiger partial charge on any atom is -0.381 e. The first-order chi connectivity index (χ1) is 50.1. The second kappa shape index (κ2) is 40.1. The molecular weight excluding hydrogens is 1400 g/mol. The molecule has 12 amide bonds. The molecule has 12 atom stereocenters. The van der Waals surface area contributed by atoms with Crippen LogP contribution in [-0.4, -0.2) is 291 Å². The van der Waals surface area contributed by atoms with Crippen molar-refractivity contribution in [3.8, 4) is 0 Å². The quantitative estimate of drug-likeness (QED) is 0.0267. The van der Waals surface area contributed by atoms with Crippen LogP contribution < -0.4 is 16.0 Å². The number of amides is 12. The third kappa shape index (κ3) is 24.2. The fourth-order valence-corrected chi connectivity index (χ4v) is 16.3. The summed E-state index contributed by atoms with van der Waals surface area (Å²) in [6.45, 7) is 14.6. The molecule has 4 fully saturated rings. The van der Waals surface area contributed by atoms with Crippen LogP contribution in [0.25, 0.3) is 0 Å². The SMILES string of the molecule is CCCOC[C@@H](C(=O)NC[C@@H](C)CC)N(C)C(=O)C[C@@H](C(=O)N(C)C)N(C)C(=O)[C@H](C(CC)CC)N(C)C(=O)C1(NC(=O)[C@@H]2C[C@H](C)CN2C(=O)[C@H](CCC2CCC(C(F)(F)F)C(OC)C2)NC(=O)CN(C)C(=O)[C@H](CC2CCC(F)(F)CC2)N2CC/C=C\C[C@H](N(C)C(=O)CN(C)C=O)C2=O)CC(C)(C)C1. The van der Waals surface area contributed by atoms with E-state index < -0.39 is 186 Å². The lowest BCUT2D eigenvalue weighted by Crippen LogP contribution is -2.71. The lowest BCUT2D eigenvalue weighted by Gasteiger charge is -2.54. The molecule has 5 rings (SSSR count). The molecule has 608 valence electrons. The van der Waals surface area contributed by atoms with E-state index in [0.29, 0.717) is 38.8 Å². The Morgan fingerprint density at radius 2 is 1.43 bits per heavy atom. The van der Waals surface area contributed by atoms with Crippen LogP contribution in [0.2, 0.25) is 0 Å². The van der Waals surface area contributed by atoms with E-state index in [2.05, 4.69) is 16.0 Å². The van der Waals surface area contributed by atoms with Crippen molar-refractivity contribution in [3.63, 3.8) is 0 Å². The van der Waals surface area contributed by atoms with Gasteiger partial charge in [0.1, 0.15) is 47.8 Å². The van der Waals surface area contributed by atoms with E-state index in [1.54, 1.807) is 12.2 Å². The normalized spacial score (nSPS) is 23.4. The lowest BCUT2D eigenvalue weighted by atomic mass is 9.58. The molecule has 26 nitrogen and oxygen atoms in total.